The van der Waals surface area contributed by atoms with Crippen molar-refractivity contribution in [1.29, 1.82) is 0 Å². The van der Waals surface area contributed by atoms with Gasteiger partial charge in [-0.25, -0.2) is 4.79 Å². The molecule has 3 aromatic carbocycles. The van der Waals surface area contributed by atoms with Gasteiger partial charge in [0.25, 0.3) is 11.6 Å². The van der Waals surface area contributed by atoms with Crippen molar-refractivity contribution < 1.29 is 33.8 Å². The van der Waals surface area contributed by atoms with Gasteiger partial charge in [-0.2, -0.15) is 0 Å². The van der Waals surface area contributed by atoms with Gasteiger partial charge in [-0.1, -0.05) is 18.2 Å². The highest BCUT2D eigenvalue weighted by atomic mass is 35.5. The topological polar surface area (TPSA) is 147 Å². The zero-order valence-electron chi connectivity index (χ0n) is 22.9. The number of carboxylic acid groups (broad SMARTS) is 1. The number of hydrogen-bond donors (Lipinski definition) is 2. The highest BCUT2D eigenvalue weighted by Crippen LogP contribution is 2.44. The number of methoxy groups -OCH3 is 3. The average molecular weight is 595 g/mol. The number of anilines is 2. The molecule has 42 heavy (non-hydrogen) atoms. The highest BCUT2D eigenvalue weighted by Gasteiger charge is 2.34. The molecule has 1 aromatic heterocycles. The second kappa shape index (κ2) is 11.5. The van der Waals surface area contributed by atoms with E-state index in [1.165, 1.54) is 45.6 Å². The number of nitrogens with zero attached hydrogens (tertiary/aromatic N) is 3. The van der Waals surface area contributed by atoms with Crippen molar-refractivity contribution in [2.24, 2.45) is 0 Å². The number of fused-ring (bicyclic) bond motifs is 2. The van der Waals surface area contributed by atoms with E-state index < -0.39 is 11.0 Å². The van der Waals surface area contributed by atoms with Crippen LogP contribution >= 0.6 is 11.6 Å². The number of nitro benzene ring substituents is 1. The van der Waals surface area contributed by atoms with Crippen molar-refractivity contribution in [2.45, 2.75) is 12.5 Å². The van der Waals surface area contributed by atoms with E-state index in [2.05, 4.69) is 4.98 Å². The lowest BCUT2D eigenvalue weighted by molar-refractivity contribution is -0.384. The number of ether oxygens (including phenoxy) is 3. The molecule has 0 fully saturated rings. The van der Waals surface area contributed by atoms with Crippen LogP contribution in [0.3, 0.4) is 0 Å². The molecule has 0 spiro atoms. The Hall–Kier alpha value is -4.97. The molecule has 1 aliphatic rings. The number of nitro groups is 1. The number of hydrogen-bond acceptors (Lipinski definition) is 7. The molecule has 1 unspecified atom stereocenters. The number of benzene rings is 3. The first-order chi connectivity index (χ1) is 20.2. The lowest BCUT2D eigenvalue weighted by Crippen LogP contribution is -2.31. The molecule has 13 heteroatoms. The maximum atomic E-state index is 13.9. The largest absolute Gasteiger partial charge is 0.493 e. The molecule has 0 saturated carbocycles. The van der Waals surface area contributed by atoms with Crippen LogP contribution in [-0.2, 0) is 6.54 Å². The first kappa shape index (κ1) is 28.6. The Morgan fingerprint density at radius 2 is 1.79 bits per heavy atom. The number of carbonyl (C=O) groups excluding carboxylic acids is 1. The van der Waals surface area contributed by atoms with Crippen LogP contribution in [0.5, 0.6) is 17.2 Å². The minimum absolute atomic E-state index is 0.0511. The van der Waals surface area contributed by atoms with Crippen molar-refractivity contribution in [2.75, 3.05) is 43.6 Å². The highest BCUT2D eigenvalue weighted by molar-refractivity contribution is 6.19. The van der Waals surface area contributed by atoms with Crippen LogP contribution in [0.15, 0.2) is 54.6 Å². The van der Waals surface area contributed by atoms with Crippen molar-refractivity contribution in [3.05, 3.63) is 81.5 Å². The fourth-order valence-corrected chi connectivity index (χ4v) is 5.46. The molecule has 5 rings (SSSR count). The van der Waals surface area contributed by atoms with Crippen LogP contribution in [0.4, 0.5) is 21.9 Å². The third kappa shape index (κ3) is 5.00. The van der Waals surface area contributed by atoms with E-state index in [0.29, 0.717) is 51.6 Å². The summed E-state index contributed by atoms with van der Waals surface area (Å²) in [6.45, 7) is 0.250. The standard InChI is InChI=1S/C29H27ClN4O8/c1-40-24-11-17-10-22(31-25(17)27(42-3)26(24)41-2)28(35)33-15-18(13-30)21-9-8-20(12-23(21)33)32(29(36)37)14-16-4-6-19(7-5-16)34(38)39/h4-12,18,31H,13-15H2,1-3H3,(H,36,37). The van der Waals surface area contributed by atoms with E-state index in [4.69, 9.17) is 25.8 Å². The number of aromatic amines is 1. The minimum Gasteiger partial charge on any atom is -0.493 e. The van der Waals surface area contributed by atoms with Gasteiger partial charge in [-0.05, 0) is 35.4 Å². The van der Waals surface area contributed by atoms with Crippen LogP contribution in [0.2, 0.25) is 0 Å². The molecule has 0 saturated heterocycles. The molecule has 1 atom stereocenters. The van der Waals surface area contributed by atoms with Crippen molar-refractivity contribution in [3.63, 3.8) is 0 Å². The Kier molecular flexibility index (Phi) is 7.81. The van der Waals surface area contributed by atoms with E-state index in [0.717, 1.165) is 10.5 Å². The van der Waals surface area contributed by atoms with Gasteiger partial charge in [0.1, 0.15) is 5.69 Å². The summed E-state index contributed by atoms with van der Waals surface area (Å²) in [6, 6.07) is 14.2. The Bertz CT molecular complexity index is 1690. The summed E-state index contributed by atoms with van der Waals surface area (Å²) >= 11 is 6.27. The molecule has 0 bridgehead atoms. The van der Waals surface area contributed by atoms with E-state index in [9.17, 15) is 24.8 Å². The SMILES string of the molecule is COc1cc2cc(C(=O)N3CC(CCl)c4ccc(N(Cc5ccc([N+](=O)[O-])cc5)C(=O)O)cc43)[nH]c2c(OC)c1OC. The minimum atomic E-state index is -1.22. The molecule has 1 aliphatic heterocycles. The summed E-state index contributed by atoms with van der Waals surface area (Å²) in [4.78, 5) is 42.5. The number of H-pyrrole nitrogens is 1. The molecule has 2 amide bonds. The molecule has 12 nitrogen and oxygen atoms in total. The fourth-order valence-electron chi connectivity index (χ4n) is 5.20. The third-order valence-electron chi connectivity index (χ3n) is 7.26. The average Bonchev–Trinajstić information content (AvgIpc) is 3.59. The van der Waals surface area contributed by atoms with Gasteiger partial charge in [0.05, 0.1) is 38.3 Å². The van der Waals surface area contributed by atoms with Crippen LogP contribution in [0.1, 0.15) is 27.5 Å². The van der Waals surface area contributed by atoms with Crippen molar-refractivity contribution >= 4 is 51.6 Å². The van der Waals surface area contributed by atoms with Gasteiger partial charge in [-0.3, -0.25) is 19.8 Å². The van der Waals surface area contributed by atoms with E-state index >= 15 is 0 Å². The van der Waals surface area contributed by atoms with Crippen LogP contribution in [0, 0.1) is 10.1 Å². The summed E-state index contributed by atoms with van der Waals surface area (Å²) in [5.41, 5.74) is 3.00. The molecule has 2 N–H and O–H groups in total. The first-order valence-electron chi connectivity index (χ1n) is 12.8. The molecular formula is C29H27ClN4O8. The van der Waals surface area contributed by atoms with Crippen LogP contribution < -0.4 is 24.0 Å². The third-order valence-corrected chi connectivity index (χ3v) is 7.63. The maximum Gasteiger partial charge on any atom is 0.412 e. The summed E-state index contributed by atoms with van der Waals surface area (Å²) in [5, 5.41) is 21.7. The summed E-state index contributed by atoms with van der Waals surface area (Å²) < 4.78 is 16.5. The van der Waals surface area contributed by atoms with E-state index in [1.807, 2.05) is 0 Å². The van der Waals surface area contributed by atoms with Crippen molar-refractivity contribution in [1.82, 2.24) is 4.98 Å². The summed E-state index contributed by atoms with van der Waals surface area (Å²) in [6.07, 6.45) is -1.22. The summed E-state index contributed by atoms with van der Waals surface area (Å²) in [7, 11) is 4.50. The maximum absolute atomic E-state index is 13.9. The zero-order chi connectivity index (χ0) is 30.1. The Morgan fingerprint density at radius 3 is 2.38 bits per heavy atom. The Balaban J connectivity index is 1.51. The molecule has 2 heterocycles. The number of alkyl halides is 1. The predicted octanol–water partition coefficient (Wildman–Crippen LogP) is 5.77. The number of halogens is 1. The lowest BCUT2D eigenvalue weighted by Gasteiger charge is -2.22. The smallest absolute Gasteiger partial charge is 0.412 e. The Labute approximate surface area is 245 Å². The summed E-state index contributed by atoms with van der Waals surface area (Å²) in [5.74, 6) is 0.975. The predicted molar refractivity (Wildman–Crippen MR) is 157 cm³/mol. The number of aromatic nitrogens is 1. The molecular weight excluding hydrogens is 568 g/mol. The monoisotopic (exact) mass is 594 g/mol. The molecule has 218 valence electrons. The second-order valence-corrected chi connectivity index (χ2v) is 9.90. The van der Waals surface area contributed by atoms with Crippen LogP contribution in [0.25, 0.3) is 10.9 Å². The second-order valence-electron chi connectivity index (χ2n) is 9.59. The van der Waals surface area contributed by atoms with Crippen LogP contribution in [-0.4, -0.2) is 60.8 Å². The number of amides is 2. The number of nitrogens with one attached hydrogen (secondary N) is 1. The fraction of sp³-hybridized carbons (Fsp3) is 0.241. The number of carbonyl (C=O) groups is 2. The lowest BCUT2D eigenvalue weighted by atomic mass is 10.0. The van der Waals surface area contributed by atoms with Crippen molar-refractivity contribution in [3.8, 4) is 17.2 Å². The number of non-ortho nitro benzene ring substituents is 1. The van der Waals surface area contributed by atoms with Gasteiger partial charge in [0.15, 0.2) is 11.5 Å². The molecule has 0 aliphatic carbocycles. The van der Waals surface area contributed by atoms with E-state index in [1.54, 1.807) is 35.2 Å². The van der Waals surface area contributed by atoms with Gasteiger partial charge < -0.3 is 29.2 Å². The van der Waals surface area contributed by atoms with Gasteiger partial charge in [0.2, 0.25) is 5.75 Å². The first-order valence-corrected chi connectivity index (χ1v) is 13.3. The normalized spacial score (nSPS) is 14.0. The van der Waals surface area contributed by atoms with Gasteiger partial charge in [-0.15, -0.1) is 11.6 Å². The quantitative estimate of drug-likeness (QED) is 0.141. The number of rotatable bonds is 9. The molecule has 4 aromatic rings. The zero-order valence-corrected chi connectivity index (χ0v) is 23.7. The van der Waals surface area contributed by atoms with Gasteiger partial charge >= 0.3 is 6.09 Å². The molecule has 0 radical (unpaired) electrons. The Morgan fingerprint density at radius 1 is 1.07 bits per heavy atom. The van der Waals surface area contributed by atoms with E-state index in [-0.39, 0.29) is 35.6 Å². The van der Waals surface area contributed by atoms with Gasteiger partial charge in [0, 0.05) is 47.2 Å².